The molecule has 0 atom stereocenters. The number of aromatic amines is 1. The number of nitrogen functional groups attached to an aromatic ring is 1. The zero-order valence-corrected chi connectivity index (χ0v) is 21.1. The number of benzene rings is 2. The van der Waals surface area contributed by atoms with Crippen LogP contribution in [-0.4, -0.2) is 86.3 Å². The number of rotatable bonds is 6. The molecule has 2 aliphatic rings. The highest BCUT2D eigenvalue weighted by molar-refractivity contribution is 6.01. The minimum Gasteiger partial charge on any atom is -0.489 e. The monoisotopic (exact) mass is 532 g/mol. The highest BCUT2D eigenvalue weighted by Crippen LogP contribution is 2.38. The average Bonchev–Trinajstić information content (AvgIpc) is 3.29. The minimum absolute atomic E-state index is 0.00400. The summed E-state index contributed by atoms with van der Waals surface area (Å²) in [6.07, 6.45) is -2.70. The summed E-state index contributed by atoms with van der Waals surface area (Å²) in [5, 5.41) is 10.5. The number of alkyl halides is 3. The van der Waals surface area contributed by atoms with Gasteiger partial charge >= 0.3 is 6.18 Å². The third kappa shape index (κ3) is 5.65. The van der Waals surface area contributed by atoms with E-state index in [1.807, 2.05) is 29.2 Å². The van der Waals surface area contributed by atoms with Crippen molar-refractivity contribution >= 4 is 28.3 Å². The Balaban J connectivity index is 1.48. The Morgan fingerprint density at radius 2 is 1.89 bits per heavy atom. The number of aromatic nitrogens is 2. The van der Waals surface area contributed by atoms with Gasteiger partial charge in [-0.3, -0.25) is 14.8 Å². The Morgan fingerprint density at radius 3 is 2.58 bits per heavy atom. The lowest BCUT2D eigenvalue weighted by atomic mass is 9.99. The van der Waals surface area contributed by atoms with Gasteiger partial charge < -0.3 is 25.4 Å². The summed E-state index contributed by atoms with van der Waals surface area (Å²) in [5.74, 6) is 0.707. The second kappa shape index (κ2) is 10.7. The summed E-state index contributed by atoms with van der Waals surface area (Å²) < 4.78 is 50.4. The van der Waals surface area contributed by atoms with E-state index < -0.39 is 12.7 Å². The van der Waals surface area contributed by atoms with E-state index in [9.17, 15) is 18.0 Å². The van der Waals surface area contributed by atoms with Crippen molar-refractivity contribution in [3.05, 3.63) is 35.9 Å². The lowest BCUT2D eigenvalue weighted by Gasteiger charge is -2.37. The number of nitrogens with one attached hydrogen (secondary N) is 2. The molecule has 1 amide bonds. The molecule has 2 saturated heterocycles. The highest BCUT2D eigenvalue weighted by Gasteiger charge is 2.32. The first-order chi connectivity index (χ1) is 18.2. The van der Waals surface area contributed by atoms with Crippen LogP contribution in [0.2, 0.25) is 0 Å². The van der Waals surface area contributed by atoms with Gasteiger partial charge in [-0.1, -0.05) is 6.07 Å². The fourth-order valence-electron chi connectivity index (χ4n) is 5.08. The van der Waals surface area contributed by atoms with E-state index in [1.54, 1.807) is 13.1 Å². The predicted octanol–water partition coefficient (Wildman–Crippen LogP) is 3.41. The minimum atomic E-state index is -4.24. The number of halogens is 3. The lowest BCUT2D eigenvalue weighted by molar-refractivity contribution is -0.146. The number of H-pyrrole nitrogens is 1. The lowest BCUT2D eigenvalue weighted by Crippen LogP contribution is -2.49. The Bertz CT molecular complexity index is 1300. The molecule has 1 aromatic heterocycles. The van der Waals surface area contributed by atoms with Gasteiger partial charge in [-0.15, -0.1) is 0 Å². The summed E-state index contributed by atoms with van der Waals surface area (Å²) in [5.41, 5.74) is 9.66. The molecular formula is C26H31F3N6O3. The maximum Gasteiger partial charge on any atom is 0.401 e. The van der Waals surface area contributed by atoms with Gasteiger partial charge in [-0.05, 0) is 35.4 Å². The number of nitrogens with zero attached hydrogens (tertiary/aromatic N) is 3. The fraction of sp³-hybridized carbons (Fsp3) is 0.462. The smallest absolute Gasteiger partial charge is 0.401 e. The number of anilines is 2. The van der Waals surface area contributed by atoms with E-state index in [1.165, 1.54) is 4.90 Å². The van der Waals surface area contributed by atoms with Crippen molar-refractivity contribution in [1.82, 2.24) is 20.4 Å². The van der Waals surface area contributed by atoms with Crippen LogP contribution in [0.25, 0.3) is 22.0 Å². The summed E-state index contributed by atoms with van der Waals surface area (Å²) in [6, 6.07) is 9.35. The second-order valence-corrected chi connectivity index (χ2v) is 9.62. The molecule has 0 unspecified atom stereocenters. The number of ether oxygens (including phenoxy) is 2. The average molecular weight is 533 g/mol. The van der Waals surface area contributed by atoms with E-state index in [2.05, 4.69) is 15.5 Å². The topological polar surface area (TPSA) is 109 Å². The number of hydrogen-bond donors (Lipinski definition) is 3. The molecule has 9 nitrogen and oxygen atoms in total. The van der Waals surface area contributed by atoms with E-state index in [-0.39, 0.29) is 25.1 Å². The molecule has 3 aromatic rings. The van der Waals surface area contributed by atoms with Crippen molar-refractivity contribution in [3.63, 3.8) is 0 Å². The quantitative estimate of drug-likeness (QED) is 0.447. The van der Waals surface area contributed by atoms with Crippen LogP contribution in [0.15, 0.2) is 30.3 Å². The summed E-state index contributed by atoms with van der Waals surface area (Å²) >= 11 is 0. The number of nitrogens with two attached hydrogens (primary N) is 1. The van der Waals surface area contributed by atoms with Gasteiger partial charge in [0, 0.05) is 46.1 Å². The Kier molecular flexibility index (Phi) is 7.35. The number of fused-ring (bicyclic) bond motifs is 1. The molecule has 12 heteroatoms. The number of carbonyl (C=O) groups excluding carboxylic acids is 1. The van der Waals surface area contributed by atoms with Crippen LogP contribution in [0.4, 0.5) is 24.7 Å². The van der Waals surface area contributed by atoms with Crippen molar-refractivity contribution in [3.8, 4) is 16.9 Å². The number of amides is 1. The maximum absolute atomic E-state index is 12.9. The van der Waals surface area contributed by atoms with Crippen LogP contribution in [0, 0.1) is 0 Å². The van der Waals surface area contributed by atoms with Gasteiger partial charge in [-0.2, -0.15) is 18.3 Å². The number of piperazine rings is 1. The Labute approximate surface area is 218 Å². The molecule has 2 aliphatic heterocycles. The molecule has 0 radical (unpaired) electrons. The molecule has 204 valence electrons. The molecule has 38 heavy (non-hydrogen) atoms. The second-order valence-electron chi connectivity index (χ2n) is 9.62. The molecular weight excluding hydrogens is 501 g/mol. The van der Waals surface area contributed by atoms with Crippen molar-refractivity contribution in [2.24, 2.45) is 0 Å². The first-order valence-electron chi connectivity index (χ1n) is 12.6. The fourth-order valence-corrected chi connectivity index (χ4v) is 5.08. The zero-order chi connectivity index (χ0) is 26.9. The molecule has 2 fully saturated rings. The molecule has 0 aliphatic carbocycles. The van der Waals surface area contributed by atoms with Gasteiger partial charge in [0.25, 0.3) is 5.91 Å². The Hall–Kier alpha value is -3.51. The number of carbonyl (C=O) groups is 1. The molecule has 0 saturated carbocycles. The normalized spacial score (nSPS) is 17.6. The van der Waals surface area contributed by atoms with E-state index >= 15 is 0 Å². The van der Waals surface area contributed by atoms with E-state index in [0.717, 1.165) is 29.5 Å². The van der Waals surface area contributed by atoms with Crippen LogP contribution in [0.1, 0.15) is 23.2 Å². The summed E-state index contributed by atoms with van der Waals surface area (Å²) in [6.45, 7) is 1.57. The van der Waals surface area contributed by atoms with Crippen molar-refractivity contribution in [2.75, 3.05) is 63.6 Å². The van der Waals surface area contributed by atoms with E-state index in [4.69, 9.17) is 15.2 Å². The maximum atomic E-state index is 12.9. The summed E-state index contributed by atoms with van der Waals surface area (Å²) in [7, 11) is 1.55. The van der Waals surface area contributed by atoms with Crippen LogP contribution < -0.4 is 20.7 Å². The number of hydrogen-bond acceptors (Lipinski definition) is 7. The van der Waals surface area contributed by atoms with Crippen molar-refractivity contribution in [2.45, 2.75) is 25.1 Å². The summed E-state index contributed by atoms with van der Waals surface area (Å²) in [4.78, 5) is 16.0. The Morgan fingerprint density at radius 1 is 1.16 bits per heavy atom. The van der Waals surface area contributed by atoms with Crippen molar-refractivity contribution < 1.29 is 27.4 Å². The van der Waals surface area contributed by atoms with Crippen LogP contribution >= 0.6 is 0 Å². The third-order valence-corrected chi connectivity index (χ3v) is 7.04. The molecule has 4 N–H and O–H groups in total. The van der Waals surface area contributed by atoms with E-state index in [0.29, 0.717) is 54.5 Å². The van der Waals surface area contributed by atoms with Gasteiger partial charge in [0.2, 0.25) is 0 Å². The third-order valence-electron chi connectivity index (χ3n) is 7.04. The SMILES string of the molecule is CNC(=O)c1ccc(-c2cc(OC3CCOCC3)c3c(N)n[nH]c3c2)cc1N1CCN(CC(F)(F)F)CC1. The van der Waals surface area contributed by atoms with Crippen LogP contribution in [-0.2, 0) is 4.74 Å². The first-order valence-corrected chi connectivity index (χ1v) is 12.6. The molecule has 0 spiro atoms. The molecule has 3 heterocycles. The van der Waals surface area contributed by atoms with Gasteiger partial charge in [0.1, 0.15) is 11.9 Å². The van der Waals surface area contributed by atoms with Crippen LogP contribution in [0.3, 0.4) is 0 Å². The largest absolute Gasteiger partial charge is 0.489 e. The van der Waals surface area contributed by atoms with Gasteiger partial charge in [-0.25, -0.2) is 0 Å². The first kappa shape index (κ1) is 26.1. The zero-order valence-electron chi connectivity index (χ0n) is 21.1. The molecule has 0 bridgehead atoms. The van der Waals surface area contributed by atoms with Crippen LogP contribution in [0.5, 0.6) is 5.75 Å². The van der Waals surface area contributed by atoms with Gasteiger partial charge in [0.05, 0.1) is 41.9 Å². The molecule has 5 rings (SSSR count). The highest BCUT2D eigenvalue weighted by atomic mass is 19.4. The predicted molar refractivity (Wildman–Crippen MR) is 139 cm³/mol. The standard InChI is InChI=1S/C26H31F3N6O3/c1-31-25(36)19-3-2-16(13-21(19)35-8-6-34(7-9-35)15-26(27,28)29)17-12-20-23(24(30)33-32-20)22(14-17)38-18-4-10-37-11-5-18/h2-3,12-14,18H,4-11,15H2,1H3,(H,31,36)(H3,30,32,33). The van der Waals surface area contributed by atoms with Crippen molar-refractivity contribution in [1.29, 1.82) is 0 Å². The molecule has 2 aromatic carbocycles. The van der Waals surface area contributed by atoms with Gasteiger partial charge in [0.15, 0.2) is 5.82 Å².